The van der Waals surface area contributed by atoms with Crippen molar-refractivity contribution in [2.24, 2.45) is 5.92 Å². The van der Waals surface area contributed by atoms with Crippen molar-refractivity contribution in [2.45, 2.75) is 32.4 Å². The summed E-state index contributed by atoms with van der Waals surface area (Å²) in [7, 11) is 0. The maximum atomic E-state index is 5.86. The fourth-order valence-corrected chi connectivity index (χ4v) is 3.34. The smallest absolute Gasteiger partial charge is 0.233 e. The van der Waals surface area contributed by atoms with Gasteiger partial charge in [-0.3, -0.25) is 0 Å². The van der Waals surface area contributed by atoms with Gasteiger partial charge in [-0.15, -0.1) is 11.8 Å². The number of benzene rings is 1. The molecule has 2 nitrogen and oxygen atoms in total. The van der Waals surface area contributed by atoms with Gasteiger partial charge < -0.3 is 4.42 Å². The van der Waals surface area contributed by atoms with E-state index >= 15 is 0 Å². The first-order valence-electron chi connectivity index (χ1n) is 6.38. The van der Waals surface area contributed by atoms with E-state index in [9.17, 15) is 0 Å². The lowest BCUT2D eigenvalue weighted by atomic mass is 10.1. The Hall–Kier alpha value is -1.22. The van der Waals surface area contributed by atoms with E-state index in [1.54, 1.807) is 0 Å². The van der Waals surface area contributed by atoms with Gasteiger partial charge in [0.15, 0.2) is 5.58 Å². The molecule has 0 saturated heterocycles. The fraction of sp³-hybridized carbons (Fsp3) is 0.400. The average Bonchev–Trinajstić information content (AvgIpc) is 2.93. The van der Waals surface area contributed by atoms with Crippen LogP contribution in [0.5, 0.6) is 0 Å². The molecule has 3 rings (SSSR count). The highest BCUT2D eigenvalue weighted by Crippen LogP contribution is 2.42. The van der Waals surface area contributed by atoms with Crippen LogP contribution in [0.25, 0.3) is 16.0 Å². The third kappa shape index (κ3) is 2.07. The molecule has 0 fully saturated rings. The minimum atomic E-state index is 0.664. The number of rotatable bonds is 2. The average molecular weight is 259 g/mol. The number of allylic oxidation sites excluding steroid dienone is 1. The predicted octanol–water partition coefficient (Wildman–Crippen LogP) is 4.64. The van der Waals surface area contributed by atoms with Crippen molar-refractivity contribution in [3.8, 4) is 0 Å². The quantitative estimate of drug-likeness (QED) is 0.786. The van der Waals surface area contributed by atoms with Crippen LogP contribution in [-0.2, 0) is 0 Å². The van der Waals surface area contributed by atoms with Crippen molar-refractivity contribution < 1.29 is 4.42 Å². The summed E-state index contributed by atoms with van der Waals surface area (Å²) in [5.74, 6) is 1.47. The Morgan fingerprint density at radius 3 is 2.94 bits per heavy atom. The van der Waals surface area contributed by atoms with Crippen molar-refractivity contribution in [2.75, 3.05) is 0 Å². The molecule has 2 aromatic rings. The number of hydrogen-bond acceptors (Lipinski definition) is 3. The number of aromatic nitrogens is 1. The molecule has 0 N–H and O–H groups in total. The molecular formula is C15H17NOS. The molecule has 1 aliphatic rings. The molecule has 18 heavy (non-hydrogen) atoms. The Bertz CT molecular complexity index is 612. The zero-order chi connectivity index (χ0) is 12.7. The van der Waals surface area contributed by atoms with Crippen molar-refractivity contribution in [1.29, 1.82) is 0 Å². The van der Waals surface area contributed by atoms with Crippen LogP contribution < -0.4 is 0 Å². The monoisotopic (exact) mass is 259 g/mol. The Kier molecular flexibility index (Phi) is 2.94. The SMILES string of the molecule is Cc1ccc2nc(C3=CCC(C(C)C)S3)oc2c1. The third-order valence-corrected chi connectivity index (χ3v) is 4.95. The largest absolute Gasteiger partial charge is 0.436 e. The molecule has 94 valence electrons. The van der Waals surface area contributed by atoms with Crippen LogP contribution in [0.15, 0.2) is 28.7 Å². The zero-order valence-corrected chi connectivity index (χ0v) is 11.8. The Labute approximate surface area is 111 Å². The van der Waals surface area contributed by atoms with Crippen LogP contribution in [0.1, 0.15) is 31.7 Å². The molecule has 1 atom stereocenters. The van der Waals surface area contributed by atoms with Gasteiger partial charge in [-0.2, -0.15) is 0 Å². The first-order chi connectivity index (χ1) is 8.63. The molecule has 1 aliphatic heterocycles. The van der Waals surface area contributed by atoms with E-state index in [1.165, 1.54) is 10.5 Å². The van der Waals surface area contributed by atoms with E-state index in [1.807, 2.05) is 23.9 Å². The molecule has 1 aromatic heterocycles. The lowest BCUT2D eigenvalue weighted by molar-refractivity contribution is 0.587. The van der Waals surface area contributed by atoms with Crippen molar-refractivity contribution in [3.05, 3.63) is 35.7 Å². The summed E-state index contributed by atoms with van der Waals surface area (Å²) >= 11 is 1.90. The van der Waals surface area contributed by atoms with Crippen LogP contribution in [0.2, 0.25) is 0 Å². The van der Waals surface area contributed by atoms with Gasteiger partial charge in [0.2, 0.25) is 5.89 Å². The van der Waals surface area contributed by atoms with Gasteiger partial charge in [0.1, 0.15) is 5.52 Å². The molecule has 0 bridgehead atoms. The molecule has 0 radical (unpaired) electrons. The van der Waals surface area contributed by atoms with Gasteiger partial charge in [-0.05, 0) is 37.0 Å². The standard InChI is InChI=1S/C15H17NOS/c1-9(2)13-6-7-14(18-13)15-16-11-5-4-10(3)8-12(11)17-15/h4-5,7-9,13H,6H2,1-3H3. The van der Waals surface area contributed by atoms with Gasteiger partial charge in [0.05, 0.1) is 4.91 Å². The summed E-state index contributed by atoms with van der Waals surface area (Å²) in [6.45, 7) is 6.60. The lowest BCUT2D eigenvalue weighted by Crippen LogP contribution is -2.05. The van der Waals surface area contributed by atoms with Crippen LogP contribution >= 0.6 is 11.8 Å². The maximum absolute atomic E-state index is 5.86. The highest BCUT2D eigenvalue weighted by molar-refractivity contribution is 8.09. The van der Waals surface area contributed by atoms with Crippen molar-refractivity contribution in [1.82, 2.24) is 4.98 Å². The topological polar surface area (TPSA) is 26.0 Å². The van der Waals surface area contributed by atoms with Gasteiger partial charge in [-0.25, -0.2) is 4.98 Å². The molecular weight excluding hydrogens is 242 g/mol. The minimum Gasteiger partial charge on any atom is -0.436 e. The highest BCUT2D eigenvalue weighted by atomic mass is 32.2. The van der Waals surface area contributed by atoms with E-state index < -0.39 is 0 Å². The summed E-state index contributed by atoms with van der Waals surface area (Å²) in [6, 6.07) is 6.14. The molecule has 0 spiro atoms. The van der Waals surface area contributed by atoms with E-state index in [4.69, 9.17) is 4.42 Å². The number of oxazole rings is 1. The van der Waals surface area contributed by atoms with Crippen LogP contribution in [0.3, 0.4) is 0 Å². The van der Waals surface area contributed by atoms with Gasteiger partial charge >= 0.3 is 0 Å². The molecule has 3 heteroatoms. The Morgan fingerprint density at radius 1 is 1.39 bits per heavy atom. The lowest BCUT2D eigenvalue weighted by Gasteiger charge is -2.12. The summed E-state index contributed by atoms with van der Waals surface area (Å²) in [5.41, 5.74) is 3.04. The summed E-state index contributed by atoms with van der Waals surface area (Å²) in [4.78, 5) is 5.77. The zero-order valence-electron chi connectivity index (χ0n) is 10.9. The third-order valence-electron chi connectivity index (χ3n) is 3.31. The highest BCUT2D eigenvalue weighted by Gasteiger charge is 2.24. The second-order valence-corrected chi connectivity index (χ2v) is 6.48. The second kappa shape index (κ2) is 4.47. The fourth-order valence-electron chi connectivity index (χ4n) is 2.17. The van der Waals surface area contributed by atoms with E-state index in [-0.39, 0.29) is 0 Å². The molecule has 1 unspecified atom stereocenters. The molecule has 0 amide bonds. The van der Waals surface area contributed by atoms with E-state index in [0.717, 1.165) is 23.4 Å². The van der Waals surface area contributed by atoms with E-state index in [0.29, 0.717) is 11.2 Å². The van der Waals surface area contributed by atoms with Gasteiger partial charge in [0, 0.05) is 5.25 Å². The summed E-state index contributed by atoms with van der Waals surface area (Å²) in [5, 5.41) is 0.664. The first kappa shape index (κ1) is 11.8. The number of aryl methyl sites for hydroxylation is 1. The minimum absolute atomic E-state index is 0.664. The maximum Gasteiger partial charge on any atom is 0.233 e. The molecule has 1 aromatic carbocycles. The first-order valence-corrected chi connectivity index (χ1v) is 7.26. The normalized spacial score (nSPS) is 19.8. The van der Waals surface area contributed by atoms with Gasteiger partial charge in [0.25, 0.3) is 0 Å². The van der Waals surface area contributed by atoms with Crippen LogP contribution in [0, 0.1) is 12.8 Å². The number of fused-ring (bicyclic) bond motifs is 1. The number of thioether (sulfide) groups is 1. The summed E-state index contributed by atoms with van der Waals surface area (Å²) < 4.78 is 5.86. The molecule has 2 heterocycles. The van der Waals surface area contributed by atoms with E-state index in [2.05, 4.69) is 37.9 Å². The number of nitrogens with zero attached hydrogens (tertiary/aromatic N) is 1. The Balaban J connectivity index is 1.92. The summed E-state index contributed by atoms with van der Waals surface area (Å²) in [6.07, 6.45) is 3.38. The predicted molar refractivity (Wildman–Crippen MR) is 77.6 cm³/mol. The van der Waals surface area contributed by atoms with Crippen LogP contribution in [0.4, 0.5) is 0 Å². The Morgan fingerprint density at radius 2 is 2.22 bits per heavy atom. The van der Waals surface area contributed by atoms with Gasteiger partial charge in [-0.1, -0.05) is 26.0 Å². The molecule has 0 aliphatic carbocycles. The molecule has 0 saturated carbocycles. The van der Waals surface area contributed by atoms with Crippen molar-refractivity contribution >= 4 is 27.8 Å². The van der Waals surface area contributed by atoms with Crippen LogP contribution in [-0.4, -0.2) is 10.2 Å². The second-order valence-electron chi connectivity index (χ2n) is 5.19. The number of hydrogen-bond donors (Lipinski definition) is 0. The van der Waals surface area contributed by atoms with Crippen molar-refractivity contribution in [3.63, 3.8) is 0 Å².